The Morgan fingerprint density at radius 3 is 2.69 bits per heavy atom. The van der Waals surface area contributed by atoms with E-state index in [9.17, 15) is 4.79 Å². The van der Waals surface area contributed by atoms with Gasteiger partial charge in [-0.1, -0.05) is 18.2 Å². The fourth-order valence-corrected chi connectivity index (χ4v) is 1.17. The van der Waals surface area contributed by atoms with Gasteiger partial charge in [-0.25, -0.2) is 4.79 Å². The molecule has 0 aliphatic rings. The van der Waals surface area contributed by atoms with Gasteiger partial charge >= 0.3 is 5.97 Å². The molecule has 0 aliphatic heterocycles. The van der Waals surface area contributed by atoms with Crippen LogP contribution in [0, 0.1) is 6.92 Å². The number of ether oxygens (including phenoxy) is 2. The van der Waals surface area contributed by atoms with Crippen LogP contribution in [-0.2, 0) is 9.53 Å². The molecule has 88 valence electrons. The Morgan fingerprint density at radius 2 is 2.06 bits per heavy atom. The summed E-state index contributed by atoms with van der Waals surface area (Å²) in [6.07, 6.45) is -0.791. The summed E-state index contributed by atoms with van der Waals surface area (Å²) in [5, 5.41) is 8.58. The second kappa shape index (κ2) is 6.12. The third-order valence-electron chi connectivity index (χ3n) is 2.15. The lowest BCUT2D eigenvalue weighted by atomic mass is 10.2. The Balaban J connectivity index is 2.26. The Bertz CT molecular complexity index is 349. The highest BCUT2D eigenvalue weighted by Gasteiger charge is 2.10. The van der Waals surface area contributed by atoms with Gasteiger partial charge in [-0.3, -0.25) is 0 Å². The van der Waals surface area contributed by atoms with Crippen molar-refractivity contribution < 1.29 is 19.4 Å². The van der Waals surface area contributed by atoms with Gasteiger partial charge in [0.05, 0.1) is 6.61 Å². The first-order valence-electron chi connectivity index (χ1n) is 5.14. The van der Waals surface area contributed by atoms with E-state index in [1.807, 2.05) is 31.2 Å². The number of rotatable bonds is 6. The van der Waals surface area contributed by atoms with Gasteiger partial charge in [0.25, 0.3) is 0 Å². The summed E-state index contributed by atoms with van der Waals surface area (Å²) in [6, 6.07) is 7.65. The maximum absolute atomic E-state index is 10.5. The Labute approximate surface area is 94.8 Å². The molecule has 0 bridgehead atoms. The molecule has 4 heteroatoms. The van der Waals surface area contributed by atoms with Gasteiger partial charge in [0, 0.05) is 0 Å². The number of aryl methyl sites for hydroxylation is 1. The number of benzene rings is 1. The highest BCUT2D eigenvalue weighted by atomic mass is 16.5. The molecular formula is C12H16O4. The minimum Gasteiger partial charge on any atom is -0.491 e. The fraction of sp³-hybridized carbons (Fsp3) is 0.417. The van der Waals surface area contributed by atoms with Crippen LogP contribution in [0.3, 0.4) is 0 Å². The van der Waals surface area contributed by atoms with Crippen LogP contribution in [0.2, 0.25) is 0 Å². The van der Waals surface area contributed by atoms with Gasteiger partial charge in [0.15, 0.2) is 6.10 Å². The number of aliphatic carboxylic acids is 1. The molecule has 0 amide bonds. The summed E-state index contributed by atoms with van der Waals surface area (Å²) in [5.41, 5.74) is 1.05. The van der Waals surface area contributed by atoms with Crippen molar-refractivity contribution in [3.05, 3.63) is 29.8 Å². The Kier molecular flexibility index (Phi) is 4.79. The summed E-state index contributed by atoms with van der Waals surface area (Å²) >= 11 is 0. The molecule has 0 fully saturated rings. The molecule has 1 atom stereocenters. The maximum atomic E-state index is 10.5. The van der Waals surface area contributed by atoms with Gasteiger partial charge in [0.2, 0.25) is 0 Å². The van der Waals surface area contributed by atoms with Crippen LogP contribution in [0.4, 0.5) is 0 Å². The van der Waals surface area contributed by atoms with E-state index in [1.165, 1.54) is 6.92 Å². The molecule has 16 heavy (non-hydrogen) atoms. The van der Waals surface area contributed by atoms with Gasteiger partial charge in [-0.2, -0.15) is 0 Å². The lowest BCUT2D eigenvalue weighted by Crippen LogP contribution is -2.22. The van der Waals surface area contributed by atoms with E-state index in [0.717, 1.165) is 11.3 Å². The summed E-state index contributed by atoms with van der Waals surface area (Å²) in [5.74, 6) is -0.162. The zero-order valence-electron chi connectivity index (χ0n) is 9.47. The van der Waals surface area contributed by atoms with Crippen LogP contribution >= 0.6 is 0 Å². The second-order valence-corrected chi connectivity index (χ2v) is 3.47. The lowest BCUT2D eigenvalue weighted by Gasteiger charge is -2.11. The number of hydrogen-bond acceptors (Lipinski definition) is 3. The maximum Gasteiger partial charge on any atom is 0.332 e. The Morgan fingerprint density at radius 1 is 1.38 bits per heavy atom. The van der Waals surface area contributed by atoms with Crippen LogP contribution in [0.5, 0.6) is 5.75 Å². The SMILES string of the molecule is Cc1ccccc1OCCO[C@@H](C)C(=O)O. The predicted octanol–water partition coefficient (Wildman–Crippen LogP) is 1.86. The molecule has 1 rings (SSSR count). The number of carbonyl (C=O) groups is 1. The number of para-hydroxylation sites is 1. The van der Waals surface area contributed by atoms with E-state index in [1.54, 1.807) is 0 Å². The minimum absolute atomic E-state index is 0.266. The van der Waals surface area contributed by atoms with Crippen molar-refractivity contribution in [2.24, 2.45) is 0 Å². The fourth-order valence-electron chi connectivity index (χ4n) is 1.17. The van der Waals surface area contributed by atoms with Crippen molar-refractivity contribution in [2.75, 3.05) is 13.2 Å². The van der Waals surface area contributed by atoms with Crippen molar-refractivity contribution in [1.29, 1.82) is 0 Å². The molecule has 0 radical (unpaired) electrons. The molecule has 0 saturated carbocycles. The van der Waals surface area contributed by atoms with Crippen LogP contribution in [-0.4, -0.2) is 30.4 Å². The summed E-state index contributed by atoms with van der Waals surface area (Å²) < 4.78 is 10.5. The zero-order valence-corrected chi connectivity index (χ0v) is 9.47. The number of carboxylic acids is 1. The standard InChI is InChI=1S/C12H16O4/c1-9-5-3-4-6-11(9)16-8-7-15-10(2)12(13)14/h3-6,10H,7-8H2,1-2H3,(H,13,14)/t10-/m0/s1. The van der Waals surface area contributed by atoms with Crippen molar-refractivity contribution in [1.82, 2.24) is 0 Å². The largest absolute Gasteiger partial charge is 0.491 e. The summed E-state index contributed by atoms with van der Waals surface area (Å²) in [4.78, 5) is 10.5. The van der Waals surface area contributed by atoms with E-state index < -0.39 is 12.1 Å². The van der Waals surface area contributed by atoms with Crippen LogP contribution < -0.4 is 4.74 Å². The van der Waals surface area contributed by atoms with Crippen molar-refractivity contribution in [2.45, 2.75) is 20.0 Å². The molecule has 0 aromatic heterocycles. The molecule has 0 saturated heterocycles. The van der Waals surface area contributed by atoms with E-state index in [-0.39, 0.29) is 6.61 Å². The third-order valence-corrected chi connectivity index (χ3v) is 2.15. The molecule has 4 nitrogen and oxygen atoms in total. The first kappa shape index (κ1) is 12.5. The lowest BCUT2D eigenvalue weighted by molar-refractivity contribution is -0.149. The van der Waals surface area contributed by atoms with Crippen LogP contribution in [0.25, 0.3) is 0 Å². The average Bonchev–Trinajstić information content (AvgIpc) is 2.26. The van der Waals surface area contributed by atoms with Gasteiger partial charge in [0.1, 0.15) is 12.4 Å². The number of hydrogen-bond donors (Lipinski definition) is 1. The minimum atomic E-state index is -0.962. The smallest absolute Gasteiger partial charge is 0.332 e. The van der Waals surface area contributed by atoms with Crippen molar-refractivity contribution >= 4 is 5.97 Å². The number of carboxylic acid groups (broad SMARTS) is 1. The van der Waals surface area contributed by atoms with E-state index in [4.69, 9.17) is 14.6 Å². The molecule has 0 spiro atoms. The normalized spacial score (nSPS) is 12.1. The second-order valence-electron chi connectivity index (χ2n) is 3.47. The van der Waals surface area contributed by atoms with Gasteiger partial charge in [-0.05, 0) is 25.5 Å². The van der Waals surface area contributed by atoms with Gasteiger partial charge in [-0.15, -0.1) is 0 Å². The van der Waals surface area contributed by atoms with Gasteiger partial charge < -0.3 is 14.6 Å². The molecule has 1 aromatic carbocycles. The molecule has 0 heterocycles. The molecular weight excluding hydrogens is 208 g/mol. The molecule has 0 aliphatic carbocycles. The monoisotopic (exact) mass is 224 g/mol. The van der Waals surface area contributed by atoms with E-state index >= 15 is 0 Å². The highest BCUT2D eigenvalue weighted by Crippen LogP contribution is 2.15. The predicted molar refractivity (Wildman–Crippen MR) is 59.7 cm³/mol. The first-order chi connectivity index (χ1) is 7.61. The van der Waals surface area contributed by atoms with Crippen molar-refractivity contribution in [3.63, 3.8) is 0 Å². The van der Waals surface area contributed by atoms with Crippen LogP contribution in [0.15, 0.2) is 24.3 Å². The zero-order chi connectivity index (χ0) is 12.0. The molecule has 1 aromatic rings. The van der Waals surface area contributed by atoms with E-state index in [2.05, 4.69) is 0 Å². The summed E-state index contributed by atoms with van der Waals surface area (Å²) in [6.45, 7) is 4.07. The van der Waals surface area contributed by atoms with Crippen LogP contribution in [0.1, 0.15) is 12.5 Å². The molecule has 1 N–H and O–H groups in total. The van der Waals surface area contributed by atoms with E-state index in [0.29, 0.717) is 6.61 Å². The topological polar surface area (TPSA) is 55.8 Å². The quantitative estimate of drug-likeness (QED) is 0.749. The first-order valence-corrected chi connectivity index (χ1v) is 5.14. The highest BCUT2D eigenvalue weighted by molar-refractivity contribution is 5.71. The molecule has 0 unspecified atom stereocenters. The summed E-state index contributed by atoms with van der Waals surface area (Å²) in [7, 11) is 0. The average molecular weight is 224 g/mol. The van der Waals surface area contributed by atoms with Crippen molar-refractivity contribution in [3.8, 4) is 5.75 Å². The third kappa shape index (κ3) is 3.90. The Hall–Kier alpha value is -1.55.